The lowest BCUT2D eigenvalue weighted by Crippen LogP contribution is -2.49. The van der Waals surface area contributed by atoms with Gasteiger partial charge >= 0.3 is 6.18 Å². The lowest BCUT2D eigenvalue weighted by Gasteiger charge is -2.31. The van der Waals surface area contributed by atoms with Crippen LogP contribution in [0.3, 0.4) is 0 Å². The maximum Gasteiger partial charge on any atom is 0.416 e. The monoisotopic (exact) mass is 632 g/mol. The minimum atomic E-state index is -4.51. The van der Waals surface area contributed by atoms with Gasteiger partial charge in [-0.05, 0) is 59.9 Å². The SMILES string of the molecule is CC[C@@H](CN(Cc1ccccc1C(F)(F)F)C(=S)NCCc1ccccc1)NC(=O)Cc1cncn1Cc1ccc(C#N)cc1. The van der Waals surface area contributed by atoms with Crippen LogP contribution >= 0.6 is 12.2 Å². The molecule has 0 unspecified atom stereocenters. The van der Waals surface area contributed by atoms with Crippen LogP contribution in [0.4, 0.5) is 13.2 Å². The first-order valence-corrected chi connectivity index (χ1v) is 15.1. The van der Waals surface area contributed by atoms with Gasteiger partial charge < -0.3 is 20.1 Å². The highest BCUT2D eigenvalue weighted by molar-refractivity contribution is 7.80. The van der Waals surface area contributed by atoms with Gasteiger partial charge in [-0.25, -0.2) is 4.98 Å². The van der Waals surface area contributed by atoms with Crippen LogP contribution in [0.2, 0.25) is 0 Å². The zero-order valence-corrected chi connectivity index (χ0v) is 25.7. The average molecular weight is 633 g/mol. The zero-order valence-electron chi connectivity index (χ0n) is 24.9. The van der Waals surface area contributed by atoms with E-state index in [0.717, 1.165) is 17.2 Å². The normalized spacial score (nSPS) is 11.8. The molecule has 0 aliphatic rings. The van der Waals surface area contributed by atoms with Gasteiger partial charge in [-0.15, -0.1) is 0 Å². The molecule has 2 N–H and O–H groups in total. The molecule has 0 saturated heterocycles. The standard InChI is InChI=1S/C34H35F3N6OS/c1-2-29(41-32(44)18-30-20-39-24-43(30)21-27-14-12-26(19-38)13-15-27)23-42(22-28-10-6-7-11-31(28)34(35,36)37)33(45)40-17-16-25-8-4-3-5-9-25/h3-15,20,24,29H,2,16-18,21-23H2,1H3,(H,40,45)(H,41,44)/t29-/m0/s1. The van der Waals surface area contributed by atoms with Gasteiger partial charge in [0.25, 0.3) is 0 Å². The number of carbonyl (C=O) groups excluding carboxylic acids is 1. The molecule has 1 amide bonds. The number of thiocarbonyl (C=S) groups is 1. The number of aromatic nitrogens is 2. The van der Waals surface area contributed by atoms with E-state index in [1.165, 1.54) is 12.1 Å². The Kier molecular flexibility index (Phi) is 11.7. The van der Waals surface area contributed by atoms with E-state index in [9.17, 15) is 18.0 Å². The summed E-state index contributed by atoms with van der Waals surface area (Å²) in [7, 11) is 0. The fraction of sp³-hybridized carbons (Fsp3) is 0.294. The summed E-state index contributed by atoms with van der Waals surface area (Å²) in [6.07, 6.45) is 0.0827. The minimum absolute atomic E-state index is 0.0728. The van der Waals surface area contributed by atoms with Crippen LogP contribution in [-0.2, 0) is 36.9 Å². The van der Waals surface area contributed by atoms with Crippen LogP contribution in [0.15, 0.2) is 91.4 Å². The first-order valence-electron chi connectivity index (χ1n) is 14.7. The summed E-state index contributed by atoms with van der Waals surface area (Å²) < 4.78 is 43.4. The minimum Gasteiger partial charge on any atom is -0.362 e. The van der Waals surface area contributed by atoms with E-state index < -0.39 is 11.7 Å². The average Bonchev–Trinajstić information content (AvgIpc) is 3.46. The number of rotatable bonds is 13. The Labute approximate surface area is 266 Å². The Bertz CT molecular complexity index is 1600. The van der Waals surface area contributed by atoms with Crippen molar-refractivity contribution in [1.29, 1.82) is 5.26 Å². The molecule has 3 aromatic carbocycles. The Hall–Kier alpha value is -4.69. The molecule has 1 aromatic heterocycles. The van der Waals surface area contributed by atoms with Crippen molar-refractivity contribution >= 4 is 23.2 Å². The van der Waals surface area contributed by atoms with E-state index in [0.29, 0.717) is 42.3 Å². The predicted octanol–water partition coefficient (Wildman–Crippen LogP) is 5.88. The van der Waals surface area contributed by atoms with E-state index in [1.54, 1.807) is 35.6 Å². The van der Waals surface area contributed by atoms with Crippen LogP contribution in [0, 0.1) is 11.3 Å². The number of amides is 1. The fourth-order valence-electron chi connectivity index (χ4n) is 4.94. The van der Waals surface area contributed by atoms with Gasteiger partial charge in [0, 0.05) is 44.1 Å². The summed E-state index contributed by atoms with van der Waals surface area (Å²) in [4.78, 5) is 19.1. The molecule has 4 aromatic rings. The van der Waals surface area contributed by atoms with Crippen molar-refractivity contribution in [1.82, 2.24) is 25.1 Å². The lowest BCUT2D eigenvalue weighted by atomic mass is 10.1. The van der Waals surface area contributed by atoms with Crippen molar-refractivity contribution in [3.63, 3.8) is 0 Å². The number of nitrogens with zero attached hydrogens (tertiary/aromatic N) is 4. The molecule has 0 fully saturated rings. The van der Waals surface area contributed by atoms with Crippen molar-refractivity contribution in [2.45, 2.75) is 51.5 Å². The van der Waals surface area contributed by atoms with Gasteiger partial charge in [0.05, 0.1) is 29.9 Å². The van der Waals surface area contributed by atoms with E-state index in [4.69, 9.17) is 17.5 Å². The Balaban J connectivity index is 1.44. The molecular formula is C34H35F3N6OS. The van der Waals surface area contributed by atoms with Crippen molar-refractivity contribution in [3.05, 3.63) is 125 Å². The van der Waals surface area contributed by atoms with Gasteiger partial charge in [0.15, 0.2) is 5.11 Å². The van der Waals surface area contributed by atoms with Gasteiger partial charge in [-0.2, -0.15) is 18.4 Å². The van der Waals surface area contributed by atoms with Crippen molar-refractivity contribution in [2.75, 3.05) is 13.1 Å². The van der Waals surface area contributed by atoms with Crippen LogP contribution < -0.4 is 10.6 Å². The predicted molar refractivity (Wildman–Crippen MR) is 171 cm³/mol. The highest BCUT2D eigenvalue weighted by Gasteiger charge is 2.33. The Morgan fingerprint density at radius 3 is 2.44 bits per heavy atom. The molecule has 0 aliphatic carbocycles. The number of nitrogens with one attached hydrogen (secondary N) is 2. The molecule has 1 atom stereocenters. The second-order valence-electron chi connectivity index (χ2n) is 10.7. The number of nitriles is 1. The van der Waals surface area contributed by atoms with Gasteiger partial charge in [-0.3, -0.25) is 4.79 Å². The molecule has 7 nitrogen and oxygen atoms in total. The molecule has 0 spiro atoms. The van der Waals surface area contributed by atoms with Gasteiger partial charge in [0.1, 0.15) is 0 Å². The molecular weight excluding hydrogens is 597 g/mol. The number of imidazole rings is 1. The number of carbonyl (C=O) groups is 1. The molecule has 234 valence electrons. The summed E-state index contributed by atoms with van der Waals surface area (Å²) in [6, 6.07) is 24.2. The number of alkyl halides is 3. The molecule has 0 saturated carbocycles. The van der Waals surface area contributed by atoms with E-state index in [-0.39, 0.29) is 37.0 Å². The summed E-state index contributed by atoms with van der Waals surface area (Å²) in [6.45, 7) is 3.05. The van der Waals surface area contributed by atoms with Crippen LogP contribution in [-0.4, -0.2) is 44.6 Å². The maximum absolute atomic E-state index is 13.8. The van der Waals surface area contributed by atoms with Gasteiger partial charge in [-0.1, -0.05) is 67.6 Å². The second kappa shape index (κ2) is 15.9. The molecule has 1 heterocycles. The smallest absolute Gasteiger partial charge is 0.362 e. The first kappa shape index (κ1) is 33.2. The Morgan fingerprint density at radius 1 is 1.04 bits per heavy atom. The van der Waals surface area contributed by atoms with Crippen LogP contribution in [0.1, 0.15) is 46.9 Å². The second-order valence-corrected chi connectivity index (χ2v) is 11.1. The van der Waals surface area contributed by atoms with Crippen molar-refractivity contribution in [2.24, 2.45) is 0 Å². The third-order valence-corrected chi connectivity index (χ3v) is 7.78. The molecule has 0 bridgehead atoms. The largest absolute Gasteiger partial charge is 0.416 e. The number of halogens is 3. The summed E-state index contributed by atoms with van der Waals surface area (Å²) in [5.41, 5.74) is 2.74. The quantitative estimate of drug-likeness (QED) is 0.179. The number of hydrogen-bond donors (Lipinski definition) is 2. The highest BCUT2D eigenvalue weighted by Crippen LogP contribution is 2.32. The van der Waals surface area contributed by atoms with E-state index in [1.807, 2.05) is 54.0 Å². The number of hydrogen-bond acceptors (Lipinski definition) is 4. The fourth-order valence-corrected chi connectivity index (χ4v) is 5.18. The third-order valence-electron chi connectivity index (χ3n) is 7.38. The molecule has 4 rings (SSSR count). The topological polar surface area (TPSA) is 86.0 Å². The molecule has 0 radical (unpaired) electrons. The van der Waals surface area contributed by atoms with Crippen molar-refractivity contribution < 1.29 is 18.0 Å². The third kappa shape index (κ3) is 9.91. The maximum atomic E-state index is 13.8. The molecule has 0 aliphatic heterocycles. The molecule has 45 heavy (non-hydrogen) atoms. The lowest BCUT2D eigenvalue weighted by molar-refractivity contribution is -0.138. The first-order chi connectivity index (χ1) is 21.7. The zero-order chi connectivity index (χ0) is 32.2. The summed E-state index contributed by atoms with van der Waals surface area (Å²) in [5.74, 6) is -0.234. The van der Waals surface area contributed by atoms with E-state index in [2.05, 4.69) is 21.7 Å². The van der Waals surface area contributed by atoms with E-state index >= 15 is 0 Å². The summed E-state index contributed by atoms with van der Waals surface area (Å²) >= 11 is 5.69. The van der Waals surface area contributed by atoms with Crippen molar-refractivity contribution in [3.8, 4) is 6.07 Å². The number of benzene rings is 3. The highest BCUT2D eigenvalue weighted by atomic mass is 32.1. The Morgan fingerprint density at radius 2 is 1.76 bits per heavy atom. The van der Waals surface area contributed by atoms with Crippen LogP contribution in [0.25, 0.3) is 0 Å². The summed E-state index contributed by atoms with van der Waals surface area (Å²) in [5, 5.41) is 15.6. The van der Waals surface area contributed by atoms with Crippen LogP contribution in [0.5, 0.6) is 0 Å². The van der Waals surface area contributed by atoms with Gasteiger partial charge in [0.2, 0.25) is 5.91 Å². The molecule has 11 heteroatoms.